The zero-order valence-corrected chi connectivity index (χ0v) is 12.2. The summed E-state index contributed by atoms with van der Waals surface area (Å²) in [6.07, 6.45) is -0.506. The van der Waals surface area contributed by atoms with Crippen molar-refractivity contribution in [2.24, 2.45) is 0 Å². The lowest BCUT2D eigenvalue weighted by Crippen LogP contribution is -2.03. The van der Waals surface area contributed by atoms with Gasteiger partial charge in [-0.15, -0.1) is 5.12 Å². The van der Waals surface area contributed by atoms with E-state index in [1.165, 1.54) is 36.4 Å². The smallest absolute Gasteiger partial charge is 0.332 e. The van der Waals surface area contributed by atoms with E-state index in [-0.39, 0.29) is 27.5 Å². The van der Waals surface area contributed by atoms with Gasteiger partial charge in [-0.25, -0.2) is 4.39 Å². The second kappa shape index (κ2) is 5.85. The molecule has 0 fully saturated rings. The second-order valence-corrected chi connectivity index (χ2v) is 5.15. The second-order valence-electron chi connectivity index (χ2n) is 4.71. The predicted molar refractivity (Wildman–Crippen MR) is 80.0 cm³/mol. The first-order valence-corrected chi connectivity index (χ1v) is 6.84. The normalized spacial score (nSPS) is 10.9. The number of aliphatic carboxylic acids is 1. The zero-order chi connectivity index (χ0) is 16.6. The number of aromatic nitrogens is 1. The minimum Gasteiger partial charge on any atom is -0.481 e. The van der Waals surface area contributed by atoms with Gasteiger partial charge in [-0.3, -0.25) is 4.79 Å². The van der Waals surface area contributed by atoms with E-state index in [9.17, 15) is 13.7 Å². The molecule has 2 aromatic carbocycles. The van der Waals surface area contributed by atoms with Gasteiger partial charge < -0.3 is 9.52 Å². The molecular weight excluding hydrogens is 330 g/mol. The Morgan fingerprint density at radius 2 is 1.96 bits per heavy atom. The predicted octanol–water partition coefficient (Wildman–Crippen LogP) is 4.27. The highest BCUT2D eigenvalue weighted by Crippen LogP contribution is 2.31. The first-order valence-electron chi connectivity index (χ1n) is 6.47. The first-order chi connectivity index (χ1) is 11.0. The number of fused-ring (bicyclic) bond motifs is 1. The first kappa shape index (κ1) is 15.2. The van der Waals surface area contributed by atoms with Crippen LogP contribution in [-0.4, -0.2) is 16.1 Å². The van der Waals surface area contributed by atoms with Crippen molar-refractivity contribution in [3.63, 3.8) is 0 Å². The van der Waals surface area contributed by atoms with Crippen molar-refractivity contribution in [1.29, 1.82) is 0 Å². The third kappa shape index (κ3) is 2.95. The molecule has 0 unspecified atom stereocenters. The van der Waals surface area contributed by atoms with Crippen LogP contribution < -0.4 is 5.12 Å². The molecule has 0 bridgehead atoms. The molecule has 118 valence electrons. The molecule has 5 nitrogen and oxygen atoms in total. The number of rotatable bonds is 4. The fraction of sp³-hybridized carbons (Fsp3) is 0.0667. The summed E-state index contributed by atoms with van der Waals surface area (Å²) in [5.41, 5.74) is -0.171. The van der Waals surface area contributed by atoms with Gasteiger partial charge in [0, 0.05) is 10.6 Å². The average molecular weight is 339 g/mol. The Morgan fingerprint density at radius 3 is 2.61 bits per heavy atom. The highest BCUT2D eigenvalue weighted by atomic mass is 35.5. The highest BCUT2D eigenvalue weighted by molar-refractivity contribution is 6.30. The number of carboxylic acids is 1. The number of hydrogen-bond acceptors (Lipinski definition) is 4. The molecule has 0 aliphatic heterocycles. The molecule has 3 aromatic rings. The van der Waals surface area contributed by atoms with Crippen LogP contribution in [0.5, 0.6) is 0 Å². The van der Waals surface area contributed by atoms with Crippen LogP contribution in [0.4, 0.5) is 20.6 Å². The molecule has 0 atom stereocenters. The SMILES string of the molecule is O=C(O)Cc1ccc2nc(N(F)c3ccc(Cl)cc3)oc2c1F. The largest absolute Gasteiger partial charge is 0.481 e. The molecule has 0 aliphatic rings. The van der Waals surface area contributed by atoms with E-state index in [1.807, 2.05) is 0 Å². The van der Waals surface area contributed by atoms with Gasteiger partial charge in [0.05, 0.1) is 12.1 Å². The van der Waals surface area contributed by atoms with Gasteiger partial charge in [0.1, 0.15) is 5.52 Å². The van der Waals surface area contributed by atoms with Crippen molar-refractivity contribution in [1.82, 2.24) is 4.98 Å². The Hall–Kier alpha value is -2.67. The van der Waals surface area contributed by atoms with Crippen LogP contribution in [0.2, 0.25) is 5.02 Å². The Labute approximate surface area is 133 Å². The van der Waals surface area contributed by atoms with Crippen LogP contribution in [0.1, 0.15) is 5.56 Å². The maximum Gasteiger partial charge on any atom is 0.332 e. The minimum absolute atomic E-state index is 0.0652. The Balaban J connectivity index is 2.01. The third-order valence-electron chi connectivity index (χ3n) is 3.13. The minimum atomic E-state index is -1.18. The zero-order valence-electron chi connectivity index (χ0n) is 11.5. The number of halogens is 3. The molecule has 1 heterocycles. The van der Waals surface area contributed by atoms with E-state index in [0.717, 1.165) is 0 Å². The van der Waals surface area contributed by atoms with Crippen LogP contribution in [0.25, 0.3) is 11.1 Å². The summed E-state index contributed by atoms with van der Waals surface area (Å²) in [7, 11) is 0. The summed E-state index contributed by atoms with van der Waals surface area (Å²) in [6.45, 7) is 0. The number of nitrogens with zero attached hydrogens (tertiary/aromatic N) is 2. The standard InChI is InChI=1S/C15H9ClF2N2O3/c16-9-2-4-10(5-3-9)20(18)15-19-11-6-1-8(7-12(21)22)13(17)14(11)23-15/h1-6H,7H2,(H,21,22). The van der Waals surface area contributed by atoms with Crippen molar-refractivity contribution in [3.05, 3.63) is 52.8 Å². The summed E-state index contributed by atoms with van der Waals surface area (Å²) >= 11 is 5.73. The van der Waals surface area contributed by atoms with Gasteiger partial charge >= 0.3 is 12.0 Å². The number of carboxylic acid groups (broad SMARTS) is 1. The van der Waals surface area contributed by atoms with Crippen LogP contribution >= 0.6 is 11.6 Å². The monoisotopic (exact) mass is 338 g/mol. The maximum atomic E-state index is 14.3. The van der Waals surface area contributed by atoms with Crippen LogP contribution in [0, 0.1) is 5.82 Å². The molecule has 0 aliphatic carbocycles. The molecular formula is C15H9ClF2N2O3. The lowest BCUT2D eigenvalue weighted by molar-refractivity contribution is -0.136. The molecule has 0 radical (unpaired) electrons. The summed E-state index contributed by atoms with van der Waals surface area (Å²) in [6, 6.07) is 7.97. The van der Waals surface area contributed by atoms with Crippen molar-refractivity contribution < 1.29 is 23.2 Å². The molecule has 0 saturated heterocycles. The van der Waals surface area contributed by atoms with E-state index in [1.54, 1.807) is 0 Å². The number of oxazole rings is 1. The van der Waals surface area contributed by atoms with Gasteiger partial charge in [-0.05, 0) is 30.3 Å². The molecule has 0 amide bonds. The number of carbonyl (C=O) groups is 1. The maximum absolute atomic E-state index is 14.3. The van der Waals surface area contributed by atoms with E-state index < -0.39 is 24.2 Å². The molecule has 23 heavy (non-hydrogen) atoms. The Morgan fingerprint density at radius 1 is 1.26 bits per heavy atom. The van der Waals surface area contributed by atoms with E-state index in [4.69, 9.17) is 21.1 Å². The number of hydrogen-bond donors (Lipinski definition) is 1. The Bertz CT molecular complexity index is 880. The summed E-state index contributed by atoms with van der Waals surface area (Å²) in [5, 5.41) is 9.32. The van der Waals surface area contributed by atoms with Gasteiger partial charge in [0.25, 0.3) is 0 Å². The summed E-state index contributed by atoms with van der Waals surface area (Å²) in [4.78, 5) is 14.5. The molecule has 3 rings (SSSR count). The summed E-state index contributed by atoms with van der Waals surface area (Å²) in [5.74, 6) is -2.05. The van der Waals surface area contributed by atoms with E-state index >= 15 is 0 Å². The molecule has 0 spiro atoms. The quantitative estimate of drug-likeness (QED) is 0.719. The van der Waals surface area contributed by atoms with Crippen LogP contribution in [0.15, 0.2) is 40.8 Å². The van der Waals surface area contributed by atoms with Gasteiger partial charge in [0.15, 0.2) is 11.4 Å². The lowest BCUT2D eigenvalue weighted by atomic mass is 10.1. The Kier molecular flexibility index (Phi) is 3.87. The average Bonchev–Trinajstić information content (AvgIpc) is 2.95. The van der Waals surface area contributed by atoms with Crippen LogP contribution in [-0.2, 0) is 11.2 Å². The fourth-order valence-electron chi connectivity index (χ4n) is 2.05. The molecule has 1 aromatic heterocycles. The highest BCUT2D eigenvalue weighted by Gasteiger charge is 2.20. The topological polar surface area (TPSA) is 66.6 Å². The van der Waals surface area contributed by atoms with Gasteiger partial charge in [-0.2, -0.15) is 4.98 Å². The molecule has 1 N–H and O–H groups in total. The van der Waals surface area contributed by atoms with Crippen molar-refractivity contribution in [3.8, 4) is 0 Å². The molecule has 0 saturated carbocycles. The summed E-state index contributed by atoms with van der Waals surface area (Å²) < 4.78 is 33.6. The van der Waals surface area contributed by atoms with Crippen molar-refractivity contribution in [2.75, 3.05) is 5.12 Å². The molecule has 8 heteroatoms. The van der Waals surface area contributed by atoms with E-state index in [2.05, 4.69) is 4.98 Å². The van der Waals surface area contributed by atoms with Crippen molar-refractivity contribution >= 4 is 40.4 Å². The number of anilines is 2. The third-order valence-corrected chi connectivity index (χ3v) is 3.38. The van der Waals surface area contributed by atoms with E-state index in [0.29, 0.717) is 5.02 Å². The number of benzene rings is 2. The van der Waals surface area contributed by atoms with Crippen molar-refractivity contribution in [2.45, 2.75) is 6.42 Å². The van der Waals surface area contributed by atoms with Gasteiger partial charge in [-0.1, -0.05) is 22.1 Å². The lowest BCUT2D eigenvalue weighted by Gasteiger charge is -2.08. The van der Waals surface area contributed by atoms with Gasteiger partial charge in [0.2, 0.25) is 0 Å². The van der Waals surface area contributed by atoms with Crippen LogP contribution in [0.3, 0.4) is 0 Å². The fourth-order valence-corrected chi connectivity index (χ4v) is 2.18.